The number of carbonyl (C=O) groups excluding carboxylic acids is 1. The maximum atomic E-state index is 12.5. The molecule has 8 heteroatoms. The topological polar surface area (TPSA) is 86.8 Å². The number of anilines is 1. The van der Waals surface area contributed by atoms with Crippen molar-refractivity contribution in [2.75, 3.05) is 23.7 Å². The first-order valence-corrected chi connectivity index (χ1v) is 11.0. The van der Waals surface area contributed by atoms with E-state index in [-0.39, 0.29) is 17.6 Å². The zero-order valence-corrected chi connectivity index (χ0v) is 18.1. The van der Waals surface area contributed by atoms with Gasteiger partial charge in [-0.25, -0.2) is 0 Å². The van der Waals surface area contributed by atoms with E-state index in [1.165, 1.54) is 18.2 Å². The van der Waals surface area contributed by atoms with Crippen molar-refractivity contribution in [1.82, 2.24) is 20.1 Å². The summed E-state index contributed by atoms with van der Waals surface area (Å²) in [6.07, 6.45) is 3.54. The quantitative estimate of drug-likeness (QED) is 0.702. The Bertz CT molecular complexity index is 869. The highest BCUT2D eigenvalue weighted by atomic mass is 32.2. The molecule has 3 rings (SSSR count). The second-order valence-corrected chi connectivity index (χ2v) is 8.75. The molecule has 1 N–H and O–H groups in total. The smallest absolute Gasteiger partial charge is 0.232 e. The molecule has 2 heterocycles. The number of nitrogens with zero attached hydrogens (tertiary/aromatic N) is 5. The molecule has 1 aliphatic heterocycles. The van der Waals surface area contributed by atoms with Crippen LogP contribution < -0.4 is 10.2 Å². The molecule has 1 aromatic carbocycles. The third kappa shape index (κ3) is 4.91. The van der Waals surface area contributed by atoms with Crippen LogP contribution in [0.1, 0.15) is 40.0 Å². The van der Waals surface area contributed by atoms with E-state index in [4.69, 9.17) is 0 Å². The largest absolute Gasteiger partial charge is 0.341 e. The Morgan fingerprint density at radius 1 is 1.24 bits per heavy atom. The number of nitrogens with one attached hydrogen (secondary N) is 1. The fraction of sp³-hybridized carbons (Fsp3) is 0.524. The van der Waals surface area contributed by atoms with Gasteiger partial charge in [0.25, 0.3) is 0 Å². The lowest BCUT2D eigenvalue weighted by molar-refractivity contribution is -0.120. The lowest BCUT2D eigenvalue weighted by Crippen LogP contribution is -2.49. The van der Waals surface area contributed by atoms with Gasteiger partial charge in [0.15, 0.2) is 5.16 Å². The van der Waals surface area contributed by atoms with Crippen molar-refractivity contribution in [3.8, 4) is 11.8 Å². The van der Waals surface area contributed by atoms with Gasteiger partial charge < -0.3 is 10.2 Å². The summed E-state index contributed by atoms with van der Waals surface area (Å²) in [5.41, 5.74) is 0.0917. The minimum atomic E-state index is -0.885. The number of carbonyl (C=O) groups is 1. The predicted octanol–water partition coefficient (Wildman–Crippen LogP) is 3.40. The van der Waals surface area contributed by atoms with Crippen LogP contribution in [0.3, 0.4) is 0 Å². The van der Waals surface area contributed by atoms with Gasteiger partial charge in [0, 0.05) is 13.1 Å². The number of hydrogen-bond donors (Lipinski definition) is 1. The molecular weight excluding hydrogens is 384 g/mol. The number of benzene rings is 1. The number of aromatic nitrogens is 3. The number of thioether (sulfide) groups is 1. The van der Waals surface area contributed by atoms with Gasteiger partial charge in [-0.3, -0.25) is 9.36 Å². The Kier molecular flexibility index (Phi) is 6.80. The second-order valence-electron chi connectivity index (χ2n) is 7.81. The molecule has 1 amide bonds. The fourth-order valence-corrected chi connectivity index (χ4v) is 3.96. The maximum absolute atomic E-state index is 12.5. The van der Waals surface area contributed by atoms with E-state index in [1.54, 1.807) is 6.92 Å². The normalized spacial score (nSPS) is 16.3. The lowest BCUT2D eigenvalue weighted by Gasteiger charge is -2.28. The zero-order chi connectivity index (χ0) is 20.9. The van der Waals surface area contributed by atoms with E-state index in [9.17, 15) is 10.1 Å². The van der Waals surface area contributed by atoms with E-state index in [0.29, 0.717) is 5.16 Å². The Morgan fingerprint density at radius 2 is 1.93 bits per heavy atom. The van der Waals surface area contributed by atoms with E-state index < -0.39 is 5.54 Å². The number of para-hydroxylation sites is 1. The van der Waals surface area contributed by atoms with Crippen molar-refractivity contribution in [2.45, 2.75) is 50.7 Å². The Labute approximate surface area is 176 Å². The first-order valence-electron chi connectivity index (χ1n) is 10.1. The van der Waals surface area contributed by atoms with E-state index in [1.807, 2.05) is 48.7 Å². The standard InChI is InChI=1S/C21H28N6OS/c1-16(2)21(3,15-22)23-18(28)14-29-20-25-24-19(26-12-8-5-9-13-26)27(20)17-10-6-4-7-11-17/h4,6-7,10-11,16H,5,8-9,12-14H2,1-3H3,(H,23,28)/t21-/m0/s1. The molecule has 0 bridgehead atoms. The van der Waals surface area contributed by atoms with Gasteiger partial charge in [-0.2, -0.15) is 5.26 Å². The molecule has 7 nitrogen and oxygen atoms in total. The van der Waals surface area contributed by atoms with Crippen LogP contribution >= 0.6 is 11.8 Å². The number of rotatable bonds is 7. The molecule has 0 aliphatic carbocycles. The minimum Gasteiger partial charge on any atom is -0.341 e. The van der Waals surface area contributed by atoms with Crippen molar-refractivity contribution in [2.24, 2.45) is 5.92 Å². The minimum absolute atomic E-state index is 0.0140. The van der Waals surface area contributed by atoms with E-state index in [0.717, 1.165) is 37.6 Å². The summed E-state index contributed by atoms with van der Waals surface area (Å²) >= 11 is 1.34. The summed E-state index contributed by atoms with van der Waals surface area (Å²) in [6.45, 7) is 7.53. The first kappa shape index (κ1) is 21.2. The summed E-state index contributed by atoms with van der Waals surface area (Å²) in [6, 6.07) is 12.2. The van der Waals surface area contributed by atoms with Crippen LogP contribution in [0.5, 0.6) is 0 Å². The molecule has 1 fully saturated rings. The van der Waals surface area contributed by atoms with Gasteiger partial charge in [-0.1, -0.05) is 43.8 Å². The molecule has 2 aromatic rings. The van der Waals surface area contributed by atoms with E-state index >= 15 is 0 Å². The monoisotopic (exact) mass is 412 g/mol. The van der Waals surface area contributed by atoms with E-state index in [2.05, 4.69) is 26.5 Å². The molecule has 1 aliphatic rings. The third-order valence-electron chi connectivity index (χ3n) is 5.39. The molecule has 1 saturated heterocycles. The summed E-state index contributed by atoms with van der Waals surface area (Å²) in [5.74, 6) is 0.826. The molecule has 29 heavy (non-hydrogen) atoms. The van der Waals surface area contributed by atoms with Gasteiger partial charge in [0.05, 0.1) is 17.5 Å². The van der Waals surface area contributed by atoms with Gasteiger partial charge in [-0.05, 0) is 44.2 Å². The van der Waals surface area contributed by atoms with Crippen LogP contribution in [-0.4, -0.2) is 45.1 Å². The van der Waals surface area contributed by atoms with Crippen LogP contribution in [0.25, 0.3) is 5.69 Å². The highest BCUT2D eigenvalue weighted by Gasteiger charge is 2.30. The van der Waals surface area contributed by atoms with Crippen molar-refractivity contribution >= 4 is 23.6 Å². The SMILES string of the molecule is CC(C)[C@](C)(C#N)NC(=O)CSc1nnc(N2CCCCC2)n1-c1ccccc1. The number of nitriles is 1. The van der Waals surface area contributed by atoms with Gasteiger partial charge in [0.2, 0.25) is 11.9 Å². The molecule has 0 spiro atoms. The van der Waals surface area contributed by atoms with Gasteiger partial charge in [-0.15, -0.1) is 10.2 Å². The maximum Gasteiger partial charge on any atom is 0.232 e. The Morgan fingerprint density at radius 3 is 2.55 bits per heavy atom. The van der Waals surface area contributed by atoms with Crippen molar-refractivity contribution in [1.29, 1.82) is 5.26 Å². The molecule has 154 valence electrons. The van der Waals surface area contributed by atoms with Crippen LogP contribution in [0.4, 0.5) is 5.95 Å². The third-order valence-corrected chi connectivity index (χ3v) is 6.32. The zero-order valence-electron chi connectivity index (χ0n) is 17.3. The summed E-state index contributed by atoms with van der Waals surface area (Å²) in [4.78, 5) is 14.8. The molecule has 0 unspecified atom stereocenters. The highest BCUT2D eigenvalue weighted by molar-refractivity contribution is 7.99. The van der Waals surface area contributed by atoms with Crippen LogP contribution in [0.2, 0.25) is 0 Å². The number of piperidine rings is 1. The van der Waals surface area contributed by atoms with Crippen molar-refractivity contribution in [3.63, 3.8) is 0 Å². The molecular formula is C21H28N6OS. The number of amides is 1. The second kappa shape index (κ2) is 9.31. The molecule has 1 atom stereocenters. The number of hydrogen-bond acceptors (Lipinski definition) is 6. The fourth-order valence-electron chi connectivity index (χ4n) is 3.21. The van der Waals surface area contributed by atoms with Crippen LogP contribution in [0.15, 0.2) is 35.5 Å². The predicted molar refractivity (Wildman–Crippen MR) is 115 cm³/mol. The van der Waals surface area contributed by atoms with Crippen LogP contribution in [-0.2, 0) is 4.79 Å². The molecule has 0 radical (unpaired) electrons. The Balaban J connectivity index is 1.80. The molecule has 1 aromatic heterocycles. The summed E-state index contributed by atoms with van der Waals surface area (Å²) in [7, 11) is 0. The highest BCUT2D eigenvalue weighted by Crippen LogP contribution is 2.28. The summed E-state index contributed by atoms with van der Waals surface area (Å²) < 4.78 is 2.02. The Hall–Kier alpha value is -2.53. The van der Waals surface area contributed by atoms with Crippen molar-refractivity contribution in [3.05, 3.63) is 30.3 Å². The van der Waals surface area contributed by atoms with Gasteiger partial charge in [0.1, 0.15) is 5.54 Å². The summed E-state index contributed by atoms with van der Waals surface area (Å²) in [5, 5.41) is 21.8. The van der Waals surface area contributed by atoms with Crippen molar-refractivity contribution < 1.29 is 4.79 Å². The van der Waals surface area contributed by atoms with Gasteiger partial charge >= 0.3 is 0 Å². The lowest BCUT2D eigenvalue weighted by atomic mass is 9.90. The average Bonchev–Trinajstić information content (AvgIpc) is 3.17. The average molecular weight is 413 g/mol. The van der Waals surface area contributed by atoms with Crippen LogP contribution in [0, 0.1) is 17.2 Å². The first-order chi connectivity index (χ1) is 13.9. The molecule has 0 saturated carbocycles.